The first-order valence-corrected chi connectivity index (χ1v) is 11.6. The lowest BCUT2D eigenvalue weighted by Crippen LogP contribution is -2.43. The van der Waals surface area contributed by atoms with Crippen LogP contribution in [0, 0.1) is 11.8 Å². The minimum absolute atomic E-state index is 0.351. The molecule has 1 aliphatic heterocycles. The molecule has 0 unspecified atom stereocenters. The first-order chi connectivity index (χ1) is 17.0. The van der Waals surface area contributed by atoms with E-state index in [1.807, 2.05) is 40.9 Å². The van der Waals surface area contributed by atoms with Gasteiger partial charge in [0.15, 0.2) is 5.82 Å². The van der Waals surface area contributed by atoms with Crippen LogP contribution in [0.5, 0.6) is 0 Å². The topological polar surface area (TPSA) is 82.7 Å². The standard InChI is InChI=1S/C26H28N8O/c1-31-13-15-33(16-14-31)19-20-6-8-21(9-7-20)28-26(35)29-24-17-22(32(2)30-24)10-11-23-18-27-25-5-3-4-12-34(23)25/h3-9,12,17-18H,13-16,19H2,1-2H3,(H2,28,29,30,35). The van der Waals surface area contributed by atoms with Gasteiger partial charge in [-0.05, 0) is 48.7 Å². The fourth-order valence-electron chi connectivity index (χ4n) is 4.03. The van der Waals surface area contributed by atoms with Crippen LogP contribution >= 0.6 is 0 Å². The summed E-state index contributed by atoms with van der Waals surface area (Å²) in [7, 11) is 3.95. The highest BCUT2D eigenvalue weighted by Crippen LogP contribution is 2.14. The molecule has 9 nitrogen and oxygen atoms in total. The van der Waals surface area contributed by atoms with Gasteiger partial charge in [0.25, 0.3) is 0 Å². The zero-order valence-electron chi connectivity index (χ0n) is 19.9. The highest BCUT2D eigenvalue weighted by Gasteiger charge is 2.14. The predicted molar refractivity (Wildman–Crippen MR) is 136 cm³/mol. The van der Waals surface area contributed by atoms with E-state index in [4.69, 9.17) is 0 Å². The van der Waals surface area contributed by atoms with Crippen LogP contribution < -0.4 is 10.6 Å². The molecule has 178 valence electrons. The maximum absolute atomic E-state index is 12.5. The third kappa shape index (κ3) is 5.51. The van der Waals surface area contributed by atoms with Gasteiger partial charge in [-0.1, -0.05) is 18.2 Å². The molecule has 35 heavy (non-hydrogen) atoms. The number of piperazine rings is 1. The van der Waals surface area contributed by atoms with E-state index in [1.54, 1.807) is 24.0 Å². The number of fused-ring (bicyclic) bond motifs is 1. The van der Waals surface area contributed by atoms with E-state index in [0.29, 0.717) is 11.5 Å². The number of aryl methyl sites for hydroxylation is 1. The molecule has 0 atom stereocenters. The smallest absolute Gasteiger partial charge is 0.308 e. The van der Waals surface area contributed by atoms with Crippen LogP contribution in [0.3, 0.4) is 0 Å². The van der Waals surface area contributed by atoms with Crippen molar-refractivity contribution in [3.05, 3.63) is 77.9 Å². The number of pyridine rings is 1. The summed E-state index contributed by atoms with van der Waals surface area (Å²) in [5, 5.41) is 9.99. The first-order valence-electron chi connectivity index (χ1n) is 11.6. The summed E-state index contributed by atoms with van der Waals surface area (Å²) in [4.78, 5) is 21.6. The molecule has 0 radical (unpaired) electrons. The number of rotatable bonds is 4. The molecular formula is C26H28N8O. The summed E-state index contributed by atoms with van der Waals surface area (Å²) < 4.78 is 3.56. The Balaban J connectivity index is 1.18. The Labute approximate surface area is 204 Å². The first kappa shape index (κ1) is 22.7. The lowest BCUT2D eigenvalue weighted by atomic mass is 10.2. The molecule has 0 aliphatic carbocycles. The van der Waals surface area contributed by atoms with E-state index in [9.17, 15) is 4.79 Å². The number of nitrogens with zero attached hydrogens (tertiary/aromatic N) is 6. The van der Waals surface area contributed by atoms with E-state index in [0.717, 1.165) is 49.8 Å². The van der Waals surface area contributed by atoms with Gasteiger partial charge in [0.05, 0.1) is 6.20 Å². The fourth-order valence-corrected chi connectivity index (χ4v) is 4.03. The minimum atomic E-state index is -0.351. The van der Waals surface area contributed by atoms with Gasteiger partial charge in [-0.2, -0.15) is 5.10 Å². The molecule has 5 rings (SSSR count). The SMILES string of the molecule is CN1CCN(Cc2ccc(NC(=O)Nc3cc(C#Cc4cnc5ccccn45)n(C)n3)cc2)CC1. The molecular weight excluding hydrogens is 440 g/mol. The molecule has 0 saturated carbocycles. The predicted octanol–water partition coefficient (Wildman–Crippen LogP) is 2.86. The van der Waals surface area contributed by atoms with E-state index < -0.39 is 0 Å². The number of hydrogen-bond donors (Lipinski definition) is 2. The lowest BCUT2D eigenvalue weighted by Gasteiger charge is -2.32. The van der Waals surface area contributed by atoms with Crippen LogP contribution in [0.2, 0.25) is 0 Å². The Morgan fingerprint density at radius 3 is 2.54 bits per heavy atom. The van der Waals surface area contributed by atoms with Crippen molar-refractivity contribution < 1.29 is 4.79 Å². The van der Waals surface area contributed by atoms with Crippen LogP contribution in [0.25, 0.3) is 5.65 Å². The van der Waals surface area contributed by atoms with Gasteiger partial charge in [0, 0.05) is 57.7 Å². The van der Waals surface area contributed by atoms with Crippen molar-refractivity contribution in [1.82, 2.24) is 29.0 Å². The number of aromatic nitrogens is 4. The summed E-state index contributed by atoms with van der Waals surface area (Å²) in [5.74, 6) is 6.66. The number of carbonyl (C=O) groups is 1. The summed E-state index contributed by atoms with van der Waals surface area (Å²) in [6.45, 7) is 5.28. The van der Waals surface area contributed by atoms with Crippen molar-refractivity contribution in [3.8, 4) is 11.8 Å². The number of nitrogens with one attached hydrogen (secondary N) is 2. The zero-order valence-corrected chi connectivity index (χ0v) is 19.9. The monoisotopic (exact) mass is 468 g/mol. The highest BCUT2D eigenvalue weighted by molar-refractivity contribution is 5.99. The third-order valence-corrected chi connectivity index (χ3v) is 6.07. The molecule has 9 heteroatoms. The van der Waals surface area contributed by atoms with Gasteiger partial charge in [0.1, 0.15) is 17.0 Å². The maximum atomic E-state index is 12.5. The molecule has 1 fully saturated rings. The second kappa shape index (κ2) is 10.0. The average Bonchev–Trinajstić information content (AvgIpc) is 3.43. The van der Waals surface area contributed by atoms with Crippen LogP contribution in [-0.4, -0.2) is 68.2 Å². The Hall–Kier alpha value is -4.13. The number of amides is 2. The van der Waals surface area contributed by atoms with Crippen molar-refractivity contribution in [1.29, 1.82) is 0 Å². The number of hydrogen-bond acceptors (Lipinski definition) is 5. The number of imidazole rings is 1. The second-order valence-corrected chi connectivity index (χ2v) is 8.72. The molecule has 1 aromatic carbocycles. The Bertz CT molecular complexity index is 1380. The zero-order chi connectivity index (χ0) is 24.2. The summed E-state index contributed by atoms with van der Waals surface area (Å²) in [5.41, 5.74) is 4.27. The summed E-state index contributed by atoms with van der Waals surface area (Å²) >= 11 is 0. The molecule has 2 amide bonds. The molecule has 4 heterocycles. The minimum Gasteiger partial charge on any atom is -0.308 e. The van der Waals surface area contributed by atoms with Crippen LogP contribution in [-0.2, 0) is 13.6 Å². The normalized spacial score (nSPS) is 14.5. The van der Waals surface area contributed by atoms with Crippen LogP contribution in [0.4, 0.5) is 16.3 Å². The van der Waals surface area contributed by atoms with Gasteiger partial charge in [-0.15, -0.1) is 0 Å². The maximum Gasteiger partial charge on any atom is 0.324 e. The second-order valence-electron chi connectivity index (χ2n) is 8.72. The molecule has 0 bridgehead atoms. The molecule has 0 spiro atoms. The van der Waals surface area contributed by atoms with Crippen LogP contribution in [0.15, 0.2) is 60.9 Å². The van der Waals surface area contributed by atoms with Gasteiger partial charge in [0.2, 0.25) is 0 Å². The van der Waals surface area contributed by atoms with Gasteiger partial charge in [-0.25, -0.2) is 9.78 Å². The molecule has 1 aliphatic rings. The van der Waals surface area contributed by atoms with Crippen molar-refractivity contribution >= 4 is 23.2 Å². The lowest BCUT2D eigenvalue weighted by molar-refractivity contribution is 0.148. The average molecular weight is 469 g/mol. The number of likely N-dealkylation sites (N-methyl/N-ethyl adjacent to an activating group) is 1. The van der Waals surface area contributed by atoms with E-state index in [2.05, 4.69) is 61.5 Å². The van der Waals surface area contributed by atoms with Crippen LogP contribution in [0.1, 0.15) is 17.0 Å². The number of benzene rings is 1. The Kier molecular flexibility index (Phi) is 6.48. The van der Waals surface area contributed by atoms with E-state index in [-0.39, 0.29) is 6.03 Å². The quantitative estimate of drug-likeness (QED) is 0.450. The third-order valence-electron chi connectivity index (χ3n) is 6.07. The van der Waals surface area contributed by atoms with Gasteiger partial charge in [-0.3, -0.25) is 19.3 Å². The molecule has 4 aromatic rings. The molecule has 3 aromatic heterocycles. The summed E-state index contributed by atoms with van der Waals surface area (Å²) in [6, 6.07) is 15.2. The Morgan fingerprint density at radius 1 is 0.971 bits per heavy atom. The Morgan fingerprint density at radius 2 is 1.74 bits per heavy atom. The fraction of sp³-hybridized carbons (Fsp3) is 0.269. The molecule has 1 saturated heterocycles. The van der Waals surface area contributed by atoms with Crippen molar-refractivity contribution in [3.63, 3.8) is 0 Å². The van der Waals surface area contributed by atoms with Gasteiger partial charge >= 0.3 is 6.03 Å². The van der Waals surface area contributed by atoms with Crippen molar-refractivity contribution in [2.24, 2.45) is 7.05 Å². The molecule has 2 N–H and O–H groups in total. The summed E-state index contributed by atoms with van der Waals surface area (Å²) in [6.07, 6.45) is 3.66. The number of carbonyl (C=O) groups excluding carboxylic acids is 1. The van der Waals surface area contributed by atoms with Crippen molar-refractivity contribution in [2.45, 2.75) is 6.54 Å². The van der Waals surface area contributed by atoms with E-state index >= 15 is 0 Å². The van der Waals surface area contributed by atoms with E-state index in [1.165, 1.54) is 5.56 Å². The number of anilines is 2. The largest absolute Gasteiger partial charge is 0.324 e. The van der Waals surface area contributed by atoms with Crippen molar-refractivity contribution in [2.75, 3.05) is 43.9 Å². The van der Waals surface area contributed by atoms with Gasteiger partial charge < -0.3 is 10.2 Å². The highest BCUT2D eigenvalue weighted by atomic mass is 16.2. The number of urea groups is 1.